The summed E-state index contributed by atoms with van der Waals surface area (Å²) in [7, 11) is 1.95. The number of hydrogen-bond donors (Lipinski definition) is 1. The maximum Gasteiger partial charge on any atom is 0.304 e. The van der Waals surface area contributed by atoms with Gasteiger partial charge in [0.05, 0.1) is 13.0 Å². The van der Waals surface area contributed by atoms with Crippen LogP contribution in [0.4, 0.5) is 0 Å². The van der Waals surface area contributed by atoms with Crippen LogP contribution in [0.25, 0.3) is 0 Å². The third-order valence-electron chi connectivity index (χ3n) is 2.93. The topological polar surface area (TPSA) is 49.8 Å². The normalized spacial score (nSPS) is 10.7. The van der Waals surface area contributed by atoms with E-state index in [4.69, 9.17) is 9.84 Å². The molecule has 4 heteroatoms. The highest BCUT2D eigenvalue weighted by Gasteiger charge is 2.02. The lowest BCUT2D eigenvalue weighted by Gasteiger charge is -2.15. The lowest BCUT2D eigenvalue weighted by Crippen LogP contribution is -2.23. The number of aliphatic carboxylic acids is 1. The van der Waals surface area contributed by atoms with Gasteiger partial charge in [0.1, 0.15) is 5.75 Å². The maximum absolute atomic E-state index is 10.4. The summed E-state index contributed by atoms with van der Waals surface area (Å²) in [5, 5.41) is 8.57. The van der Waals surface area contributed by atoms with Gasteiger partial charge in [-0.25, -0.2) is 0 Å². The van der Waals surface area contributed by atoms with Crippen LogP contribution in [0.3, 0.4) is 0 Å². The number of carboxylic acids is 1. The van der Waals surface area contributed by atoms with Crippen molar-refractivity contribution in [3.63, 3.8) is 0 Å². The SMILES string of the molecule is Cc1ccc(OCCCCN(C)CCC(=O)O)cc1. The van der Waals surface area contributed by atoms with Crippen LogP contribution in [-0.4, -0.2) is 42.7 Å². The molecule has 1 N–H and O–H groups in total. The molecular formula is C15H23NO3. The third-order valence-corrected chi connectivity index (χ3v) is 2.93. The maximum atomic E-state index is 10.4. The Hall–Kier alpha value is -1.55. The first kappa shape index (κ1) is 15.5. The highest BCUT2D eigenvalue weighted by atomic mass is 16.5. The van der Waals surface area contributed by atoms with Crippen LogP contribution >= 0.6 is 0 Å². The zero-order chi connectivity index (χ0) is 14.1. The Morgan fingerprint density at radius 2 is 1.89 bits per heavy atom. The first-order valence-corrected chi connectivity index (χ1v) is 6.68. The smallest absolute Gasteiger partial charge is 0.304 e. The van der Waals surface area contributed by atoms with Crippen LogP contribution in [0.1, 0.15) is 24.8 Å². The van der Waals surface area contributed by atoms with Gasteiger partial charge in [-0.2, -0.15) is 0 Å². The molecule has 4 nitrogen and oxygen atoms in total. The fourth-order valence-corrected chi connectivity index (χ4v) is 1.71. The molecule has 0 heterocycles. The molecule has 0 fully saturated rings. The average Bonchev–Trinajstić information content (AvgIpc) is 2.38. The summed E-state index contributed by atoms with van der Waals surface area (Å²) in [6.45, 7) is 4.27. The molecule has 0 aromatic heterocycles. The second-order valence-electron chi connectivity index (χ2n) is 4.82. The van der Waals surface area contributed by atoms with Crippen molar-refractivity contribution in [2.75, 3.05) is 26.7 Å². The van der Waals surface area contributed by atoms with E-state index in [1.54, 1.807) is 0 Å². The van der Waals surface area contributed by atoms with Gasteiger partial charge in [-0.1, -0.05) is 17.7 Å². The fourth-order valence-electron chi connectivity index (χ4n) is 1.71. The van der Waals surface area contributed by atoms with Crippen molar-refractivity contribution in [2.45, 2.75) is 26.2 Å². The molecule has 19 heavy (non-hydrogen) atoms. The van der Waals surface area contributed by atoms with E-state index in [0.717, 1.165) is 25.1 Å². The van der Waals surface area contributed by atoms with Gasteiger partial charge in [0.2, 0.25) is 0 Å². The van der Waals surface area contributed by atoms with E-state index in [-0.39, 0.29) is 6.42 Å². The summed E-state index contributed by atoms with van der Waals surface area (Å²) >= 11 is 0. The summed E-state index contributed by atoms with van der Waals surface area (Å²) in [4.78, 5) is 12.5. The van der Waals surface area contributed by atoms with E-state index >= 15 is 0 Å². The number of hydrogen-bond acceptors (Lipinski definition) is 3. The van der Waals surface area contributed by atoms with Crippen molar-refractivity contribution in [1.82, 2.24) is 4.90 Å². The minimum Gasteiger partial charge on any atom is -0.494 e. The second-order valence-corrected chi connectivity index (χ2v) is 4.82. The lowest BCUT2D eigenvalue weighted by molar-refractivity contribution is -0.137. The third kappa shape index (κ3) is 7.47. The number of rotatable bonds is 9. The molecule has 1 aromatic rings. The fraction of sp³-hybridized carbons (Fsp3) is 0.533. The van der Waals surface area contributed by atoms with E-state index in [2.05, 4.69) is 6.92 Å². The molecule has 0 aliphatic carbocycles. The van der Waals surface area contributed by atoms with Crippen LogP contribution in [0, 0.1) is 6.92 Å². The van der Waals surface area contributed by atoms with Crippen LogP contribution in [0.2, 0.25) is 0 Å². The quantitative estimate of drug-likeness (QED) is 0.697. The van der Waals surface area contributed by atoms with Crippen molar-refractivity contribution < 1.29 is 14.6 Å². The number of benzene rings is 1. The predicted molar refractivity (Wildman–Crippen MR) is 75.7 cm³/mol. The Labute approximate surface area is 115 Å². The molecule has 0 amide bonds. The van der Waals surface area contributed by atoms with Crippen molar-refractivity contribution in [1.29, 1.82) is 0 Å². The summed E-state index contributed by atoms with van der Waals surface area (Å²) < 4.78 is 5.63. The predicted octanol–water partition coefficient (Wildman–Crippen LogP) is 2.56. The summed E-state index contributed by atoms with van der Waals surface area (Å²) in [6, 6.07) is 8.03. The minimum atomic E-state index is -0.741. The van der Waals surface area contributed by atoms with Crippen molar-refractivity contribution >= 4 is 5.97 Å². The van der Waals surface area contributed by atoms with Gasteiger partial charge < -0.3 is 14.7 Å². The Kier molecular flexibility index (Phi) is 6.97. The molecule has 106 valence electrons. The first-order valence-electron chi connectivity index (χ1n) is 6.68. The molecule has 0 atom stereocenters. The van der Waals surface area contributed by atoms with Gasteiger partial charge in [-0.05, 0) is 45.5 Å². The molecule has 0 saturated carbocycles. The largest absolute Gasteiger partial charge is 0.494 e. The molecule has 0 bridgehead atoms. The van der Waals surface area contributed by atoms with Crippen LogP contribution in [-0.2, 0) is 4.79 Å². The van der Waals surface area contributed by atoms with Gasteiger partial charge in [-0.3, -0.25) is 4.79 Å². The summed E-state index contributed by atoms with van der Waals surface area (Å²) in [6.07, 6.45) is 2.20. The molecule has 1 aromatic carbocycles. The summed E-state index contributed by atoms with van der Waals surface area (Å²) in [5.74, 6) is 0.166. The molecule has 1 rings (SSSR count). The molecule has 0 radical (unpaired) electrons. The van der Waals surface area contributed by atoms with Crippen molar-refractivity contribution in [3.8, 4) is 5.75 Å². The van der Waals surface area contributed by atoms with E-state index < -0.39 is 5.97 Å². The Balaban J connectivity index is 2.04. The number of carboxylic acid groups (broad SMARTS) is 1. The molecular weight excluding hydrogens is 242 g/mol. The van der Waals surface area contributed by atoms with E-state index in [0.29, 0.717) is 13.2 Å². The number of ether oxygens (including phenoxy) is 1. The molecule has 0 saturated heterocycles. The lowest BCUT2D eigenvalue weighted by atomic mass is 10.2. The van der Waals surface area contributed by atoms with Crippen LogP contribution in [0.15, 0.2) is 24.3 Å². The number of carbonyl (C=O) groups is 1. The molecule has 0 unspecified atom stereocenters. The standard InChI is InChI=1S/C15H23NO3/c1-13-5-7-14(8-6-13)19-12-4-3-10-16(2)11-9-15(17)18/h5-8H,3-4,9-12H2,1-2H3,(H,17,18). The minimum absolute atomic E-state index is 0.205. The van der Waals surface area contributed by atoms with Crippen LogP contribution < -0.4 is 4.74 Å². The number of nitrogens with zero attached hydrogens (tertiary/aromatic N) is 1. The van der Waals surface area contributed by atoms with Gasteiger partial charge in [0.25, 0.3) is 0 Å². The first-order chi connectivity index (χ1) is 9.08. The second kappa shape index (κ2) is 8.53. The summed E-state index contributed by atoms with van der Waals surface area (Å²) in [5.41, 5.74) is 1.23. The van der Waals surface area contributed by atoms with E-state index in [1.807, 2.05) is 36.2 Å². The molecule has 0 aliphatic heterocycles. The van der Waals surface area contributed by atoms with Gasteiger partial charge in [0, 0.05) is 6.54 Å². The monoisotopic (exact) mass is 265 g/mol. The highest BCUT2D eigenvalue weighted by Crippen LogP contribution is 2.11. The molecule has 0 aliphatic rings. The number of unbranched alkanes of at least 4 members (excludes halogenated alkanes) is 1. The van der Waals surface area contributed by atoms with E-state index in [9.17, 15) is 4.79 Å². The number of aryl methyl sites for hydroxylation is 1. The average molecular weight is 265 g/mol. The molecule has 0 spiro atoms. The zero-order valence-corrected chi connectivity index (χ0v) is 11.8. The Morgan fingerprint density at radius 1 is 1.21 bits per heavy atom. The zero-order valence-electron chi connectivity index (χ0n) is 11.8. The van der Waals surface area contributed by atoms with Crippen molar-refractivity contribution in [3.05, 3.63) is 29.8 Å². The van der Waals surface area contributed by atoms with Gasteiger partial charge in [0.15, 0.2) is 0 Å². The van der Waals surface area contributed by atoms with Gasteiger partial charge >= 0.3 is 5.97 Å². The van der Waals surface area contributed by atoms with E-state index in [1.165, 1.54) is 5.56 Å². The van der Waals surface area contributed by atoms with Crippen LogP contribution in [0.5, 0.6) is 5.75 Å². The van der Waals surface area contributed by atoms with Gasteiger partial charge in [-0.15, -0.1) is 0 Å². The Bertz CT molecular complexity index is 375. The van der Waals surface area contributed by atoms with Crippen molar-refractivity contribution in [2.24, 2.45) is 0 Å². The highest BCUT2D eigenvalue weighted by molar-refractivity contribution is 5.66. The Morgan fingerprint density at radius 3 is 2.53 bits per heavy atom.